The van der Waals surface area contributed by atoms with Crippen LogP contribution < -0.4 is 5.32 Å². The smallest absolute Gasteiger partial charge is 0.192 e. The summed E-state index contributed by atoms with van der Waals surface area (Å²) in [6.45, 7) is 0.401. The van der Waals surface area contributed by atoms with Crippen LogP contribution in [0.25, 0.3) is 0 Å². The summed E-state index contributed by atoms with van der Waals surface area (Å²) < 4.78 is 1.82. The molecule has 0 aliphatic carbocycles. The third kappa shape index (κ3) is 1.68. The van der Waals surface area contributed by atoms with Crippen molar-refractivity contribution in [3.8, 4) is 0 Å². The standard InChI is InChI=1S/C8H12N2O/c1-9-6-8(11)7-4-3-5-10(7)2/h3-5,9H,6H2,1-2H3. The normalized spacial score (nSPS) is 10.0. The van der Waals surface area contributed by atoms with Crippen LogP contribution >= 0.6 is 0 Å². The van der Waals surface area contributed by atoms with Crippen molar-refractivity contribution >= 4 is 5.78 Å². The fraction of sp³-hybridized carbons (Fsp3) is 0.375. The van der Waals surface area contributed by atoms with E-state index in [1.165, 1.54) is 0 Å². The number of nitrogens with zero attached hydrogens (tertiary/aromatic N) is 1. The van der Waals surface area contributed by atoms with E-state index in [1.807, 2.05) is 29.9 Å². The molecular formula is C8H12N2O. The summed E-state index contributed by atoms with van der Waals surface area (Å²) in [5.41, 5.74) is 0.749. The molecular weight excluding hydrogens is 140 g/mol. The van der Waals surface area contributed by atoms with Gasteiger partial charge in [0.2, 0.25) is 0 Å². The first-order chi connectivity index (χ1) is 5.25. The van der Waals surface area contributed by atoms with Crippen LogP contribution in [0.2, 0.25) is 0 Å². The highest BCUT2D eigenvalue weighted by atomic mass is 16.1. The molecule has 0 saturated heterocycles. The number of aromatic nitrogens is 1. The Morgan fingerprint density at radius 1 is 1.73 bits per heavy atom. The van der Waals surface area contributed by atoms with Gasteiger partial charge in [0.1, 0.15) is 0 Å². The summed E-state index contributed by atoms with van der Waals surface area (Å²) in [7, 11) is 3.63. The van der Waals surface area contributed by atoms with Crippen LogP contribution in [0.4, 0.5) is 0 Å². The highest BCUT2D eigenvalue weighted by Crippen LogP contribution is 1.99. The Morgan fingerprint density at radius 2 is 2.45 bits per heavy atom. The molecule has 0 unspecified atom stereocenters. The van der Waals surface area contributed by atoms with E-state index in [4.69, 9.17) is 0 Å². The molecule has 3 nitrogen and oxygen atoms in total. The average Bonchev–Trinajstić information content (AvgIpc) is 2.36. The Labute approximate surface area is 66.0 Å². The lowest BCUT2D eigenvalue weighted by Crippen LogP contribution is -2.20. The highest BCUT2D eigenvalue weighted by molar-refractivity contribution is 5.96. The molecule has 0 fully saturated rings. The van der Waals surface area contributed by atoms with Crippen LogP contribution in [0.1, 0.15) is 10.5 Å². The molecule has 60 valence electrons. The number of likely N-dealkylation sites (N-methyl/N-ethyl adjacent to an activating group) is 1. The van der Waals surface area contributed by atoms with Gasteiger partial charge in [-0.15, -0.1) is 0 Å². The third-order valence-corrected chi connectivity index (χ3v) is 1.57. The van der Waals surface area contributed by atoms with E-state index in [1.54, 1.807) is 7.05 Å². The zero-order chi connectivity index (χ0) is 8.27. The number of Topliss-reactive ketones (excluding diaryl/α,β-unsaturated/α-hetero) is 1. The van der Waals surface area contributed by atoms with Crippen molar-refractivity contribution in [3.05, 3.63) is 24.0 Å². The van der Waals surface area contributed by atoms with Crippen molar-refractivity contribution < 1.29 is 4.79 Å². The SMILES string of the molecule is CNCC(=O)c1cccn1C. The first-order valence-electron chi connectivity index (χ1n) is 3.55. The molecule has 0 spiro atoms. The van der Waals surface area contributed by atoms with E-state index < -0.39 is 0 Å². The molecule has 1 N–H and O–H groups in total. The van der Waals surface area contributed by atoms with Crippen LogP contribution in [0.15, 0.2) is 18.3 Å². The average molecular weight is 152 g/mol. The minimum atomic E-state index is 0.125. The number of nitrogens with one attached hydrogen (secondary N) is 1. The largest absolute Gasteiger partial charge is 0.348 e. The van der Waals surface area contributed by atoms with Gasteiger partial charge in [-0.3, -0.25) is 4.79 Å². The van der Waals surface area contributed by atoms with Gasteiger partial charge >= 0.3 is 0 Å². The lowest BCUT2D eigenvalue weighted by molar-refractivity contribution is 0.0986. The molecule has 1 aromatic rings. The van der Waals surface area contributed by atoms with Gasteiger partial charge in [0.05, 0.1) is 12.2 Å². The quantitative estimate of drug-likeness (QED) is 0.637. The second-order valence-electron chi connectivity index (χ2n) is 2.46. The minimum Gasteiger partial charge on any atom is -0.348 e. The second kappa shape index (κ2) is 3.34. The van der Waals surface area contributed by atoms with Crippen LogP contribution in [0, 0.1) is 0 Å². The predicted octanol–water partition coefficient (Wildman–Crippen LogP) is 0.427. The fourth-order valence-corrected chi connectivity index (χ4v) is 1.00. The summed E-state index contributed by atoms with van der Waals surface area (Å²) >= 11 is 0. The zero-order valence-corrected chi connectivity index (χ0v) is 6.79. The lowest BCUT2D eigenvalue weighted by Gasteiger charge is -2.00. The number of hydrogen-bond donors (Lipinski definition) is 1. The lowest BCUT2D eigenvalue weighted by atomic mass is 10.3. The van der Waals surface area contributed by atoms with Gasteiger partial charge in [0.15, 0.2) is 5.78 Å². The van der Waals surface area contributed by atoms with Gasteiger partial charge in [0, 0.05) is 13.2 Å². The maximum Gasteiger partial charge on any atom is 0.192 e. The molecule has 3 heteroatoms. The predicted molar refractivity (Wildman–Crippen MR) is 43.7 cm³/mol. The maximum absolute atomic E-state index is 11.2. The van der Waals surface area contributed by atoms with Crippen LogP contribution in [0.3, 0.4) is 0 Å². The van der Waals surface area contributed by atoms with E-state index in [9.17, 15) is 4.79 Å². The summed E-state index contributed by atoms with van der Waals surface area (Å²) in [5, 5.41) is 2.82. The number of carbonyl (C=O) groups excluding carboxylic acids is 1. The number of aryl methyl sites for hydroxylation is 1. The molecule has 0 aromatic carbocycles. The fourth-order valence-electron chi connectivity index (χ4n) is 1.00. The monoisotopic (exact) mass is 152 g/mol. The number of ketones is 1. The number of rotatable bonds is 3. The molecule has 0 amide bonds. The van der Waals surface area contributed by atoms with Gasteiger partial charge in [0.25, 0.3) is 0 Å². The summed E-state index contributed by atoms with van der Waals surface area (Å²) in [5.74, 6) is 0.125. The zero-order valence-electron chi connectivity index (χ0n) is 6.79. The van der Waals surface area contributed by atoms with Crippen molar-refractivity contribution in [1.82, 2.24) is 9.88 Å². The van der Waals surface area contributed by atoms with Gasteiger partial charge < -0.3 is 9.88 Å². The first kappa shape index (κ1) is 8.01. The number of carbonyl (C=O) groups is 1. The van der Waals surface area contributed by atoms with E-state index in [0.717, 1.165) is 5.69 Å². The molecule has 1 rings (SSSR count). The van der Waals surface area contributed by atoms with E-state index in [0.29, 0.717) is 6.54 Å². The number of hydrogen-bond acceptors (Lipinski definition) is 2. The van der Waals surface area contributed by atoms with Crippen LogP contribution in [-0.4, -0.2) is 23.9 Å². The second-order valence-corrected chi connectivity index (χ2v) is 2.46. The molecule has 0 bridgehead atoms. The van der Waals surface area contributed by atoms with Crippen LogP contribution in [-0.2, 0) is 7.05 Å². The van der Waals surface area contributed by atoms with Gasteiger partial charge in [-0.25, -0.2) is 0 Å². The van der Waals surface area contributed by atoms with Gasteiger partial charge in [-0.2, -0.15) is 0 Å². The molecule has 0 atom stereocenters. The van der Waals surface area contributed by atoms with E-state index in [-0.39, 0.29) is 5.78 Å². The first-order valence-corrected chi connectivity index (χ1v) is 3.55. The van der Waals surface area contributed by atoms with Crippen molar-refractivity contribution in [2.24, 2.45) is 7.05 Å². The summed E-state index contributed by atoms with van der Waals surface area (Å²) in [4.78, 5) is 11.2. The summed E-state index contributed by atoms with van der Waals surface area (Å²) in [6.07, 6.45) is 1.86. The Balaban J connectivity index is 2.76. The molecule has 1 aromatic heterocycles. The minimum absolute atomic E-state index is 0.125. The van der Waals surface area contributed by atoms with Gasteiger partial charge in [-0.05, 0) is 19.2 Å². The van der Waals surface area contributed by atoms with E-state index in [2.05, 4.69) is 5.32 Å². The molecule has 1 heterocycles. The van der Waals surface area contributed by atoms with Crippen molar-refractivity contribution in [1.29, 1.82) is 0 Å². The molecule has 0 radical (unpaired) electrons. The molecule has 0 saturated carbocycles. The Kier molecular flexibility index (Phi) is 2.44. The van der Waals surface area contributed by atoms with Crippen LogP contribution in [0.5, 0.6) is 0 Å². The maximum atomic E-state index is 11.2. The molecule has 0 aliphatic heterocycles. The van der Waals surface area contributed by atoms with Crippen molar-refractivity contribution in [2.75, 3.05) is 13.6 Å². The third-order valence-electron chi connectivity index (χ3n) is 1.57. The van der Waals surface area contributed by atoms with E-state index >= 15 is 0 Å². The summed E-state index contributed by atoms with van der Waals surface area (Å²) in [6, 6.07) is 3.68. The Hall–Kier alpha value is -1.09. The Morgan fingerprint density at radius 3 is 2.91 bits per heavy atom. The Bertz CT molecular complexity index is 252. The van der Waals surface area contributed by atoms with Gasteiger partial charge in [-0.1, -0.05) is 0 Å². The van der Waals surface area contributed by atoms with Crippen molar-refractivity contribution in [3.63, 3.8) is 0 Å². The molecule has 0 aliphatic rings. The highest BCUT2D eigenvalue weighted by Gasteiger charge is 2.05. The molecule has 11 heavy (non-hydrogen) atoms. The topological polar surface area (TPSA) is 34.0 Å². The van der Waals surface area contributed by atoms with Crippen molar-refractivity contribution in [2.45, 2.75) is 0 Å².